The number of piperidine rings is 1. The molecule has 0 saturated carbocycles. The molecule has 2 aromatic carbocycles. The topological polar surface area (TPSA) is 104 Å². The van der Waals surface area contributed by atoms with Crippen molar-refractivity contribution in [3.63, 3.8) is 0 Å². The zero-order valence-corrected chi connectivity index (χ0v) is 24.3. The number of likely N-dealkylation sites (tertiary alicyclic amines) is 1. The van der Waals surface area contributed by atoms with Crippen molar-refractivity contribution in [1.82, 2.24) is 13.9 Å². The SMILES string of the molecule is C=CS(=O)(=O)NCC1CCCN1S(=O)(=O)c1ccc(C(Cc2ccccc2)C(=O)N2C(C)CCCC2C)cc1. The monoisotopic (exact) mass is 573 g/mol. The van der Waals surface area contributed by atoms with Gasteiger partial charge in [0.2, 0.25) is 26.0 Å². The van der Waals surface area contributed by atoms with Gasteiger partial charge < -0.3 is 4.90 Å². The Balaban J connectivity index is 1.59. The zero-order chi connectivity index (χ0) is 28.2. The number of nitrogens with zero attached hydrogens (tertiary/aromatic N) is 2. The smallest absolute Gasteiger partial charge is 0.243 e. The van der Waals surface area contributed by atoms with E-state index in [2.05, 4.69) is 25.1 Å². The highest BCUT2D eigenvalue weighted by atomic mass is 32.2. The van der Waals surface area contributed by atoms with E-state index in [1.165, 1.54) is 4.31 Å². The number of sulfonamides is 2. The third kappa shape index (κ3) is 6.80. The molecule has 1 amide bonds. The van der Waals surface area contributed by atoms with E-state index in [0.29, 0.717) is 25.8 Å². The molecule has 2 fully saturated rings. The molecule has 1 N–H and O–H groups in total. The van der Waals surface area contributed by atoms with Gasteiger partial charge in [-0.05, 0) is 75.6 Å². The Labute approximate surface area is 233 Å². The summed E-state index contributed by atoms with van der Waals surface area (Å²) in [6, 6.07) is 16.4. The van der Waals surface area contributed by atoms with Gasteiger partial charge in [0.05, 0.1) is 10.8 Å². The summed E-state index contributed by atoms with van der Waals surface area (Å²) in [7, 11) is -7.50. The van der Waals surface area contributed by atoms with E-state index in [1.807, 2.05) is 35.2 Å². The van der Waals surface area contributed by atoms with Gasteiger partial charge in [0.15, 0.2) is 0 Å². The molecule has 8 nitrogen and oxygen atoms in total. The second-order valence-electron chi connectivity index (χ2n) is 10.7. The van der Waals surface area contributed by atoms with Crippen molar-refractivity contribution >= 4 is 26.0 Å². The van der Waals surface area contributed by atoms with Gasteiger partial charge in [-0.3, -0.25) is 4.79 Å². The summed E-state index contributed by atoms with van der Waals surface area (Å²) in [5.74, 6) is -0.358. The number of nitrogens with one attached hydrogen (secondary N) is 1. The molecule has 0 bridgehead atoms. The van der Waals surface area contributed by atoms with E-state index < -0.39 is 32.0 Å². The maximum atomic E-state index is 14.0. The Morgan fingerprint density at radius 3 is 2.23 bits per heavy atom. The number of carbonyl (C=O) groups excluding carboxylic acids is 1. The van der Waals surface area contributed by atoms with E-state index in [4.69, 9.17) is 0 Å². The minimum Gasteiger partial charge on any atom is -0.337 e. The van der Waals surface area contributed by atoms with Crippen LogP contribution in [-0.2, 0) is 31.3 Å². The van der Waals surface area contributed by atoms with Crippen molar-refractivity contribution in [1.29, 1.82) is 0 Å². The fourth-order valence-electron chi connectivity index (χ4n) is 5.84. The summed E-state index contributed by atoms with van der Waals surface area (Å²) in [5.41, 5.74) is 1.83. The van der Waals surface area contributed by atoms with Gasteiger partial charge in [-0.1, -0.05) is 49.0 Å². The Morgan fingerprint density at radius 1 is 0.974 bits per heavy atom. The van der Waals surface area contributed by atoms with Gasteiger partial charge in [0.1, 0.15) is 0 Å². The molecule has 0 aromatic heterocycles. The standard InChI is InChI=1S/C29H39N3O5S2/c1-4-38(34,35)30-21-26-14-9-19-31(26)39(36,37)27-17-15-25(16-18-27)28(20-24-12-6-5-7-13-24)29(33)32-22(2)10-8-11-23(32)3/h4-7,12-13,15-18,22-23,26,28,30H,1,8-11,14,19-21H2,2-3H3. The Morgan fingerprint density at radius 2 is 1.62 bits per heavy atom. The van der Waals surface area contributed by atoms with Crippen molar-refractivity contribution in [2.45, 2.75) is 81.3 Å². The molecule has 212 valence electrons. The van der Waals surface area contributed by atoms with Gasteiger partial charge in [0, 0.05) is 36.6 Å². The average molecular weight is 574 g/mol. The van der Waals surface area contributed by atoms with Crippen LogP contribution in [0.5, 0.6) is 0 Å². The van der Waals surface area contributed by atoms with Crippen molar-refractivity contribution < 1.29 is 21.6 Å². The van der Waals surface area contributed by atoms with Crippen molar-refractivity contribution in [3.8, 4) is 0 Å². The molecule has 2 aromatic rings. The first-order valence-corrected chi connectivity index (χ1v) is 16.6. The summed E-state index contributed by atoms with van der Waals surface area (Å²) in [4.78, 5) is 16.1. The molecule has 0 aliphatic carbocycles. The number of carbonyl (C=O) groups is 1. The van der Waals surface area contributed by atoms with Crippen molar-refractivity contribution in [3.05, 3.63) is 77.7 Å². The minimum absolute atomic E-state index is 0.00841. The second kappa shape index (κ2) is 12.3. The lowest BCUT2D eigenvalue weighted by atomic mass is 9.88. The molecular formula is C29H39N3O5S2. The molecule has 2 aliphatic heterocycles. The Hall–Kier alpha value is -2.53. The highest BCUT2D eigenvalue weighted by molar-refractivity contribution is 7.92. The molecule has 4 rings (SSSR count). The second-order valence-corrected chi connectivity index (χ2v) is 14.3. The minimum atomic E-state index is -3.84. The fourth-order valence-corrected chi connectivity index (χ4v) is 8.08. The van der Waals surface area contributed by atoms with Gasteiger partial charge >= 0.3 is 0 Å². The predicted molar refractivity (Wildman–Crippen MR) is 153 cm³/mol. The van der Waals surface area contributed by atoms with Crippen LogP contribution in [0.15, 0.2) is 71.5 Å². The average Bonchev–Trinajstić information content (AvgIpc) is 3.41. The van der Waals surface area contributed by atoms with Crippen LogP contribution < -0.4 is 4.72 Å². The largest absolute Gasteiger partial charge is 0.337 e. The number of rotatable bonds is 10. The van der Waals surface area contributed by atoms with Gasteiger partial charge in [-0.15, -0.1) is 0 Å². The first kappa shape index (κ1) is 29.5. The van der Waals surface area contributed by atoms with E-state index in [9.17, 15) is 21.6 Å². The maximum absolute atomic E-state index is 14.0. The Bertz CT molecular complexity index is 1350. The molecule has 0 spiro atoms. The van der Waals surface area contributed by atoms with Crippen molar-refractivity contribution in [2.24, 2.45) is 0 Å². The fraction of sp³-hybridized carbons (Fsp3) is 0.483. The summed E-state index contributed by atoms with van der Waals surface area (Å²) in [6.45, 7) is 7.80. The number of hydrogen-bond acceptors (Lipinski definition) is 5. The maximum Gasteiger partial charge on any atom is 0.243 e. The van der Waals surface area contributed by atoms with Crippen LogP contribution in [0.25, 0.3) is 0 Å². The van der Waals surface area contributed by atoms with Crippen LogP contribution in [0, 0.1) is 0 Å². The molecule has 2 aliphatic rings. The van der Waals surface area contributed by atoms with E-state index in [1.54, 1.807) is 24.3 Å². The predicted octanol–water partition coefficient (Wildman–Crippen LogP) is 4.02. The first-order valence-electron chi connectivity index (χ1n) is 13.6. The third-order valence-corrected chi connectivity index (χ3v) is 11.0. The number of amides is 1. The molecule has 2 saturated heterocycles. The molecule has 39 heavy (non-hydrogen) atoms. The van der Waals surface area contributed by atoms with Gasteiger partial charge in [-0.2, -0.15) is 4.31 Å². The lowest BCUT2D eigenvalue weighted by Crippen LogP contribution is -2.49. The summed E-state index contributed by atoms with van der Waals surface area (Å²) >= 11 is 0. The highest BCUT2D eigenvalue weighted by Gasteiger charge is 2.37. The number of hydrogen-bond donors (Lipinski definition) is 1. The van der Waals surface area contributed by atoms with Crippen LogP contribution in [0.2, 0.25) is 0 Å². The quantitative estimate of drug-likeness (QED) is 0.463. The molecule has 2 heterocycles. The van der Waals surface area contributed by atoms with E-state index >= 15 is 0 Å². The molecule has 4 atom stereocenters. The number of benzene rings is 2. The van der Waals surface area contributed by atoms with Crippen LogP contribution >= 0.6 is 0 Å². The van der Waals surface area contributed by atoms with Gasteiger partial charge in [0.25, 0.3) is 0 Å². The van der Waals surface area contributed by atoms with Gasteiger partial charge in [-0.25, -0.2) is 21.6 Å². The summed E-state index contributed by atoms with van der Waals surface area (Å²) in [5, 5.41) is 0.818. The molecule has 10 heteroatoms. The lowest BCUT2D eigenvalue weighted by molar-refractivity contribution is -0.139. The van der Waals surface area contributed by atoms with Crippen LogP contribution in [0.4, 0.5) is 0 Å². The van der Waals surface area contributed by atoms with Crippen molar-refractivity contribution in [2.75, 3.05) is 13.1 Å². The summed E-state index contributed by atoms with van der Waals surface area (Å²) in [6.07, 6.45) is 4.80. The van der Waals surface area contributed by atoms with E-state index in [0.717, 1.165) is 35.8 Å². The van der Waals surface area contributed by atoms with E-state index in [-0.39, 0.29) is 29.4 Å². The van der Waals surface area contributed by atoms with Crippen LogP contribution in [-0.4, -0.2) is 63.2 Å². The van der Waals surface area contributed by atoms with Crippen LogP contribution in [0.1, 0.15) is 63.0 Å². The molecule has 4 unspecified atom stereocenters. The third-order valence-electron chi connectivity index (χ3n) is 7.98. The highest BCUT2D eigenvalue weighted by Crippen LogP contribution is 2.32. The normalized spacial score (nSPS) is 23.4. The lowest BCUT2D eigenvalue weighted by Gasteiger charge is -2.41. The zero-order valence-electron chi connectivity index (χ0n) is 22.7. The summed E-state index contributed by atoms with van der Waals surface area (Å²) < 4.78 is 54.4. The first-order chi connectivity index (χ1) is 18.5. The molecule has 0 radical (unpaired) electrons. The van der Waals surface area contributed by atoms with Crippen LogP contribution in [0.3, 0.4) is 0 Å². The Kier molecular flexibility index (Phi) is 9.31. The molecular weight excluding hydrogens is 534 g/mol.